The summed E-state index contributed by atoms with van der Waals surface area (Å²) in [6.45, 7) is 1.08. The summed E-state index contributed by atoms with van der Waals surface area (Å²) in [6, 6.07) is 4.20. The van der Waals surface area contributed by atoms with Crippen LogP contribution in [0.2, 0.25) is 5.02 Å². The van der Waals surface area contributed by atoms with Crippen molar-refractivity contribution in [2.75, 3.05) is 0 Å². The smallest absolute Gasteiger partial charge is 0.300 e. The van der Waals surface area contributed by atoms with Gasteiger partial charge in [-0.25, -0.2) is 4.39 Å². The van der Waals surface area contributed by atoms with E-state index in [4.69, 9.17) is 33.0 Å². The lowest BCUT2D eigenvalue weighted by Gasteiger charge is -1.95. The standard InChI is InChI=1S/C8H8ClFN4.C2H4O2/c9-6-2-1-5(7(10)3-6)4-13-14-8(11)12;1-2(3)4/h1-4H,(H4,11,12,14);1H3,(H,3,4)/b13-4+;. The number of benzene rings is 1. The van der Waals surface area contributed by atoms with Crippen LogP contribution in [0.15, 0.2) is 28.4 Å². The molecule has 0 saturated carbocycles. The first-order chi connectivity index (χ1) is 8.32. The molecule has 0 saturated heterocycles. The van der Waals surface area contributed by atoms with Crippen molar-refractivity contribution in [2.45, 2.75) is 6.92 Å². The second-order valence-corrected chi connectivity index (χ2v) is 3.39. The van der Waals surface area contributed by atoms with Crippen LogP contribution in [-0.4, -0.2) is 23.2 Å². The predicted molar refractivity (Wildman–Crippen MR) is 68.1 cm³/mol. The first-order valence-corrected chi connectivity index (χ1v) is 4.97. The largest absolute Gasteiger partial charge is 0.481 e. The van der Waals surface area contributed by atoms with Gasteiger partial charge < -0.3 is 16.6 Å². The number of aliphatic carboxylic acids is 1. The molecular formula is C10H12ClFN4O2. The average Bonchev–Trinajstić information content (AvgIpc) is 2.20. The van der Waals surface area contributed by atoms with Crippen molar-refractivity contribution in [3.8, 4) is 0 Å². The molecule has 1 aromatic carbocycles. The lowest BCUT2D eigenvalue weighted by molar-refractivity contribution is -0.134. The van der Waals surface area contributed by atoms with Crippen molar-refractivity contribution in [3.63, 3.8) is 0 Å². The maximum absolute atomic E-state index is 13.1. The molecule has 0 atom stereocenters. The zero-order valence-electron chi connectivity index (χ0n) is 9.47. The summed E-state index contributed by atoms with van der Waals surface area (Å²) in [5, 5.41) is 14.5. The van der Waals surface area contributed by atoms with Gasteiger partial charge in [0, 0.05) is 17.5 Å². The van der Waals surface area contributed by atoms with E-state index in [1.807, 2.05) is 0 Å². The van der Waals surface area contributed by atoms with Crippen molar-refractivity contribution in [1.82, 2.24) is 0 Å². The van der Waals surface area contributed by atoms with Gasteiger partial charge in [-0.2, -0.15) is 5.10 Å². The molecule has 0 bridgehead atoms. The van der Waals surface area contributed by atoms with Crippen LogP contribution >= 0.6 is 11.6 Å². The van der Waals surface area contributed by atoms with E-state index in [0.29, 0.717) is 5.02 Å². The lowest BCUT2D eigenvalue weighted by Crippen LogP contribution is -2.21. The van der Waals surface area contributed by atoms with Crippen LogP contribution in [-0.2, 0) is 4.79 Å². The number of carboxylic acids is 1. The third-order valence-electron chi connectivity index (χ3n) is 1.33. The molecule has 0 heterocycles. The van der Waals surface area contributed by atoms with Gasteiger partial charge in [-0.3, -0.25) is 4.79 Å². The van der Waals surface area contributed by atoms with E-state index in [9.17, 15) is 4.39 Å². The molecule has 98 valence electrons. The van der Waals surface area contributed by atoms with Gasteiger partial charge in [-0.05, 0) is 18.2 Å². The second kappa shape index (κ2) is 8.02. The van der Waals surface area contributed by atoms with Crippen molar-refractivity contribution < 1.29 is 14.3 Å². The van der Waals surface area contributed by atoms with Gasteiger partial charge in [0.2, 0.25) is 5.96 Å². The van der Waals surface area contributed by atoms with Gasteiger partial charge in [-0.15, -0.1) is 5.10 Å². The minimum absolute atomic E-state index is 0.185. The highest BCUT2D eigenvalue weighted by Gasteiger charge is 1.98. The molecule has 0 aromatic heterocycles. The minimum atomic E-state index is -0.833. The molecule has 1 rings (SSSR count). The van der Waals surface area contributed by atoms with E-state index < -0.39 is 11.8 Å². The highest BCUT2D eigenvalue weighted by molar-refractivity contribution is 6.30. The fourth-order valence-electron chi connectivity index (χ4n) is 0.764. The van der Waals surface area contributed by atoms with Crippen molar-refractivity contribution in [1.29, 1.82) is 0 Å². The number of nitrogens with zero attached hydrogens (tertiary/aromatic N) is 2. The van der Waals surface area contributed by atoms with Gasteiger partial charge in [0.05, 0.1) is 6.21 Å². The molecule has 8 heteroatoms. The van der Waals surface area contributed by atoms with Crippen LogP contribution < -0.4 is 11.5 Å². The summed E-state index contributed by atoms with van der Waals surface area (Å²) in [6.07, 6.45) is 1.20. The zero-order valence-corrected chi connectivity index (χ0v) is 10.2. The summed E-state index contributed by atoms with van der Waals surface area (Å²) in [7, 11) is 0. The topological polar surface area (TPSA) is 114 Å². The number of hydrogen-bond acceptors (Lipinski definition) is 3. The molecule has 0 unspecified atom stereocenters. The summed E-state index contributed by atoms with van der Waals surface area (Å²) >= 11 is 5.55. The number of rotatable bonds is 2. The van der Waals surface area contributed by atoms with Crippen LogP contribution in [0.3, 0.4) is 0 Å². The molecule has 1 aromatic rings. The Morgan fingerprint density at radius 3 is 2.50 bits per heavy atom. The van der Waals surface area contributed by atoms with Crippen molar-refractivity contribution in [2.24, 2.45) is 21.7 Å². The van der Waals surface area contributed by atoms with Crippen molar-refractivity contribution >= 4 is 29.7 Å². The lowest BCUT2D eigenvalue weighted by atomic mass is 10.2. The fraction of sp³-hybridized carbons (Fsp3) is 0.100. The van der Waals surface area contributed by atoms with Gasteiger partial charge >= 0.3 is 0 Å². The Morgan fingerprint density at radius 2 is 2.06 bits per heavy atom. The molecular weight excluding hydrogens is 263 g/mol. The van der Waals surface area contributed by atoms with E-state index in [-0.39, 0.29) is 11.5 Å². The van der Waals surface area contributed by atoms with Gasteiger partial charge in [0.25, 0.3) is 5.97 Å². The van der Waals surface area contributed by atoms with Crippen LogP contribution in [0.25, 0.3) is 0 Å². The first kappa shape index (κ1) is 15.9. The molecule has 0 aliphatic carbocycles. The third-order valence-corrected chi connectivity index (χ3v) is 1.57. The van der Waals surface area contributed by atoms with E-state index in [1.165, 1.54) is 18.3 Å². The number of carbonyl (C=O) groups is 1. The van der Waals surface area contributed by atoms with Crippen LogP contribution in [0.4, 0.5) is 4.39 Å². The highest BCUT2D eigenvalue weighted by atomic mass is 35.5. The van der Waals surface area contributed by atoms with E-state index >= 15 is 0 Å². The molecule has 18 heavy (non-hydrogen) atoms. The molecule has 0 aliphatic heterocycles. The molecule has 0 radical (unpaired) electrons. The normalized spacial score (nSPS) is 9.50. The van der Waals surface area contributed by atoms with E-state index in [1.54, 1.807) is 6.07 Å². The summed E-state index contributed by atoms with van der Waals surface area (Å²) in [4.78, 5) is 9.00. The Labute approximate surface area is 108 Å². The molecule has 0 amide bonds. The van der Waals surface area contributed by atoms with Crippen LogP contribution in [0.5, 0.6) is 0 Å². The maximum Gasteiger partial charge on any atom is 0.300 e. The molecule has 0 aliphatic rings. The maximum atomic E-state index is 13.1. The summed E-state index contributed by atoms with van der Waals surface area (Å²) in [5.74, 6) is -1.50. The Balaban J connectivity index is 0.000000631. The minimum Gasteiger partial charge on any atom is -0.481 e. The zero-order chi connectivity index (χ0) is 14.1. The first-order valence-electron chi connectivity index (χ1n) is 4.59. The Bertz CT molecular complexity index is 469. The quantitative estimate of drug-likeness (QED) is 0.427. The van der Waals surface area contributed by atoms with Gasteiger partial charge in [0.15, 0.2) is 0 Å². The molecule has 0 fully saturated rings. The second-order valence-electron chi connectivity index (χ2n) is 2.95. The Morgan fingerprint density at radius 1 is 1.50 bits per heavy atom. The van der Waals surface area contributed by atoms with Gasteiger partial charge in [0.1, 0.15) is 5.82 Å². The van der Waals surface area contributed by atoms with E-state index in [2.05, 4.69) is 10.2 Å². The summed E-state index contributed by atoms with van der Waals surface area (Å²) in [5.41, 5.74) is 10.3. The van der Waals surface area contributed by atoms with Gasteiger partial charge in [-0.1, -0.05) is 11.6 Å². The van der Waals surface area contributed by atoms with Crippen molar-refractivity contribution in [3.05, 3.63) is 34.6 Å². The highest BCUT2D eigenvalue weighted by Crippen LogP contribution is 2.12. The number of carboxylic acid groups (broad SMARTS) is 1. The number of halogens is 2. The average molecular weight is 275 g/mol. The predicted octanol–water partition coefficient (Wildman–Crippen LogP) is 1.18. The Kier molecular flexibility index (Phi) is 7.06. The number of nitrogens with two attached hydrogens (primary N) is 2. The SMILES string of the molecule is CC(=O)O.NC(N)=N/N=C/c1ccc(Cl)cc1F. The van der Waals surface area contributed by atoms with E-state index in [0.717, 1.165) is 6.92 Å². The Hall–Kier alpha value is -2.15. The monoisotopic (exact) mass is 274 g/mol. The third kappa shape index (κ3) is 8.05. The molecule has 6 nitrogen and oxygen atoms in total. The van der Waals surface area contributed by atoms with Crippen LogP contribution in [0.1, 0.15) is 12.5 Å². The number of hydrogen-bond donors (Lipinski definition) is 3. The fourth-order valence-corrected chi connectivity index (χ4v) is 0.923. The molecule has 0 spiro atoms. The summed E-state index contributed by atoms with van der Waals surface area (Å²) < 4.78 is 13.1. The molecule has 5 N–H and O–H groups in total. The van der Waals surface area contributed by atoms with Crippen LogP contribution in [0, 0.1) is 5.82 Å². The number of guanidine groups is 1.